The van der Waals surface area contributed by atoms with Gasteiger partial charge in [0.2, 0.25) is 0 Å². The van der Waals surface area contributed by atoms with Gasteiger partial charge in [-0.25, -0.2) is 0 Å². The van der Waals surface area contributed by atoms with Gasteiger partial charge in [0.15, 0.2) is 0 Å². The third kappa shape index (κ3) is 4.50. The van der Waals surface area contributed by atoms with Crippen LogP contribution in [-0.2, 0) is 10.8 Å². The fraction of sp³-hybridized carbons (Fsp3) is 0.111. The third-order valence-corrected chi connectivity index (χ3v) is 12.8. The van der Waals surface area contributed by atoms with E-state index in [0.717, 1.165) is 0 Å². The van der Waals surface area contributed by atoms with Crippen LogP contribution in [0.3, 0.4) is 0 Å². The molecule has 0 bridgehead atoms. The first-order chi connectivity index (χ1) is 26.2. The summed E-state index contributed by atoms with van der Waals surface area (Å²) in [6, 6.07) is 64.0. The molecule has 9 aromatic rings. The Hall–Kier alpha value is -6.24. The number of hydrogen-bond acceptors (Lipinski definition) is 0. The van der Waals surface area contributed by atoms with Crippen molar-refractivity contribution < 1.29 is 0 Å². The molecule has 54 heavy (non-hydrogen) atoms. The first kappa shape index (κ1) is 31.3. The molecule has 256 valence electrons. The van der Waals surface area contributed by atoms with Crippen molar-refractivity contribution in [2.45, 2.75) is 38.5 Å². The summed E-state index contributed by atoms with van der Waals surface area (Å²) < 4.78 is 0. The van der Waals surface area contributed by atoms with Crippen LogP contribution in [0.4, 0.5) is 0 Å². The van der Waals surface area contributed by atoms with Crippen LogP contribution < -0.4 is 0 Å². The average molecular weight is 689 g/mol. The van der Waals surface area contributed by atoms with Crippen molar-refractivity contribution in [1.82, 2.24) is 0 Å². The molecule has 0 radical (unpaired) electrons. The summed E-state index contributed by atoms with van der Waals surface area (Å²) in [6.07, 6.45) is 0. The second-order valence-electron chi connectivity index (χ2n) is 16.6. The van der Waals surface area contributed by atoms with Gasteiger partial charge in [0.1, 0.15) is 0 Å². The summed E-state index contributed by atoms with van der Waals surface area (Å²) in [5.74, 6) is 0. The molecule has 2 aliphatic carbocycles. The van der Waals surface area contributed by atoms with Gasteiger partial charge in [0.05, 0.1) is 0 Å². The maximum absolute atomic E-state index is 2.53. The van der Waals surface area contributed by atoms with Gasteiger partial charge in [-0.2, -0.15) is 0 Å². The summed E-state index contributed by atoms with van der Waals surface area (Å²) in [6.45, 7) is 9.59. The Morgan fingerprint density at radius 1 is 0.259 bits per heavy atom. The van der Waals surface area contributed by atoms with Gasteiger partial charge in [-0.1, -0.05) is 155 Å². The Morgan fingerprint density at radius 2 is 0.741 bits per heavy atom. The van der Waals surface area contributed by atoms with Crippen LogP contribution in [0.2, 0.25) is 0 Å². The summed E-state index contributed by atoms with van der Waals surface area (Å²) in [7, 11) is 0. The molecule has 0 heterocycles. The SMILES string of the molecule is CC1(C)c2ccccc2-c2cc3c(cc21)C(C)(C)c1cc(-c2cc(-c4ccc5cc(-c6ccc7ccccc7c6)ccc5c4)c4ccccc4c2)ccc1-3. The molecule has 0 atom stereocenters. The molecule has 0 heteroatoms. The molecule has 0 nitrogen and oxygen atoms in total. The Balaban J connectivity index is 1.00. The predicted octanol–water partition coefficient (Wildman–Crippen LogP) is 14.8. The molecular formula is C54H40. The molecule has 0 N–H and O–H groups in total. The van der Waals surface area contributed by atoms with Crippen LogP contribution in [0.5, 0.6) is 0 Å². The monoisotopic (exact) mass is 688 g/mol. The fourth-order valence-electron chi connectivity index (χ4n) is 9.79. The third-order valence-electron chi connectivity index (χ3n) is 12.8. The fourth-order valence-corrected chi connectivity index (χ4v) is 9.79. The minimum Gasteiger partial charge on any atom is -0.0619 e. The zero-order valence-corrected chi connectivity index (χ0v) is 31.2. The lowest BCUT2D eigenvalue weighted by molar-refractivity contribution is 0.639. The highest BCUT2D eigenvalue weighted by Gasteiger charge is 2.41. The zero-order chi connectivity index (χ0) is 36.3. The van der Waals surface area contributed by atoms with Gasteiger partial charge < -0.3 is 0 Å². The standard InChI is InChI=1S/C54H40/c1-53(2)49-16-10-9-15-44(49)47-31-48-45-24-23-39(30-50(45)54(3,4)52(48)32-51(47)53)42-28-40-13-7-8-14-43(40)46(29-42)41-22-21-37-26-36(19-20-38(37)27-41)35-18-17-33-11-5-6-12-34(33)25-35/h5-32H,1-4H3. The summed E-state index contributed by atoms with van der Waals surface area (Å²) in [5, 5.41) is 7.59. The van der Waals surface area contributed by atoms with Crippen LogP contribution in [0, 0.1) is 0 Å². The van der Waals surface area contributed by atoms with Crippen LogP contribution in [-0.4, -0.2) is 0 Å². The number of rotatable bonds is 3. The number of benzene rings is 9. The minimum atomic E-state index is -0.107. The van der Waals surface area contributed by atoms with Crippen molar-refractivity contribution in [2.24, 2.45) is 0 Å². The van der Waals surface area contributed by atoms with Crippen LogP contribution in [0.1, 0.15) is 49.9 Å². The van der Waals surface area contributed by atoms with Gasteiger partial charge in [-0.15, -0.1) is 0 Å². The van der Waals surface area contributed by atoms with Gasteiger partial charge >= 0.3 is 0 Å². The number of hydrogen-bond donors (Lipinski definition) is 0. The van der Waals surface area contributed by atoms with Crippen molar-refractivity contribution in [3.05, 3.63) is 192 Å². The molecule has 11 rings (SSSR count). The maximum atomic E-state index is 2.53. The Morgan fingerprint density at radius 3 is 1.50 bits per heavy atom. The van der Waals surface area contributed by atoms with E-state index in [0.29, 0.717) is 0 Å². The smallest absolute Gasteiger partial charge is 0.0159 e. The lowest BCUT2D eigenvalue weighted by Crippen LogP contribution is -2.18. The van der Waals surface area contributed by atoms with Crippen molar-refractivity contribution in [2.75, 3.05) is 0 Å². The van der Waals surface area contributed by atoms with E-state index in [4.69, 9.17) is 0 Å². The topological polar surface area (TPSA) is 0 Å². The molecule has 0 fully saturated rings. The predicted molar refractivity (Wildman–Crippen MR) is 230 cm³/mol. The minimum absolute atomic E-state index is 0.0131. The number of fused-ring (bicyclic) bond motifs is 9. The van der Waals surface area contributed by atoms with Crippen LogP contribution in [0.15, 0.2) is 170 Å². The molecule has 0 amide bonds. The van der Waals surface area contributed by atoms with E-state index in [9.17, 15) is 0 Å². The first-order valence-electron chi connectivity index (χ1n) is 19.2. The molecular weight excluding hydrogens is 649 g/mol. The Kier molecular flexibility index (Phi) is 6.46. The van der Waals surface area contributed by atoms with Crippen LogP contribution in [0.25, 0.3) is 88.0 Å². The highest BCUT2D eigenvalue weighted by molar-refractivity contribution is 6.03. The van der Waals surface area contributed by atoms with Gasteiger partial charge in [-0.3, -0.25) is 0 Å². The lowest BCUT2D eigenvalue weighted by Gasteiger charge is -2.26. The van der Waals surface area contributed by atoms with E-state index >= 15 is 0 Å². The highest BCUT2D eigenvalue weighted by Crippen LogP contribution is 2.56. The van der Waals surface area contributed by atoms with Crippen molar-refractivity contribution >= 4 is 32.3 Å². The molecule has 0 spiro atoms. The molecule has 2 aliphatic rings. The van der Waals surface area contributed by atoms with Crippen molar-refractivity contribution in [3.63, 3.8) is 0 Å². The van der Waals surface area contributed by atoms with E-state index in [1.165, 1.54) is 110 Å². The summed E-state index contributed by atoms with van der Waals surface area (Å²) >= 11 is 0. The van der Waals surface area contributed by atoms with Gasteiger partial charge in [0.25, 0.3) is 0 Å². The van der Waals surface area contributed by atoms with E-state index in [2.05, 4.69) is 198 Å². The van der Waals surface area contributed by atoms with E-state index in [-0.39, 0.29) is 10.8 Å². The Labute approximate surface area is 317 Å². The second-order valence-corrected chi connectivity index (χ2v) is 16.6. The van der Waals surface area contributed by atoms with Crippen molar-refractivity contribution in [1.29, 1.82) is 0 Å². The second kappa shape index (κ2) is 11.1. The molecule has 9 aromatic carbocycles. The summed E-state index contributed by atoms with van der Waals surface area (Å²) in [4.78, 5) is 0. The molecule has 0 unspecified atom stereocenters. The van der Waals surface area contributed by atoms with Gasteiger partial charge in [-0.05, 0) is 153 Å². The van der Waals surface area contributed by atoms with E-state index < -0.39 is 0 Å². The van der Waals surface area contributed by atoms with Crippen LogP contribution >= 0.6 is 0 Å². The molecule has 0 aliphatic heterocycles. The van der Waals surface area contributed by atoms with E-state index in [1.807, 2.05) is 0 Å². The normalized spacial score (nSPS) is 14.6. The first-order valence-corrected chi connectivity index (χ1v) is 19.2. The molecule has 0 saturated carbocycles. The van der Waals surface area contributed by atoms with Crippen molar-refractivity contribution in [3.8, 4) is 55.6 Å². The summed E-state index contributed by atoms with van der Waals surface area (Å²) in [5.41, 5.74) is 18.6. The average Bonchev–Trinajstić information content (AvgIpc) is 3.57. The lowest BCUT2D eigenvalue weighted by atomic mass is 9.77. The largest absolute Gasteiger partial charge is 0.0619 e. The maximum Gasteiger partial charge on any atom is 0.0159 e. The Bertz CT molecular complexity index is 3040. The molecule has 0 saturated heterocycles. The highest BCUT2D eigenvalue weighted by atomic mass is 14.4. The quantitative estimate of drug-likeness (QED) is 0.173. The zero-order valence-electron chi connectivity index (χ0n) is 31.2. The van der Waals surface area contributed by atoms with E-state index in [1.54, 1.807) is 0 Å². The van der Waals surface area contributed by atoms with Gasteiger partial charge in [0, 0.05) is 10.8 Å². The molecule has 0 aromatic heterocycles.